The van der Waals surface area contributed by atoms with Crippen molar-refractivity contribution in [2.75, 3.05) is 6.61 Å². The van der Waals surface area contributed by atoms with Crippen LogP contribution < -0.4 is 5.32 Å². The molecule has 2 aromatic carbocycles. The van der Waals surface area contributed by atoms with Gasteiger partial charge < -0.3 is 10.1 Å². The van der Waals surface area contributed by atoms with Gasteiger partial charge in [0.05, 0.1) is 18.2 Å². The van der Waals surface area contributed by atoms with Gasteiger partial charge in [0.25, 0.3) is 0 Å². The zero-order valence-electron chi connectivity index (χ0n) is 14.8. The first-order valence-electron chi connectivity index (χ1n) is 8.79. The largest absolute Gasteiger partial charge is 0.394 e. The summed E-state index contributed by atoms with van der Waals surface area (Å²) in [6, 6.07) is 24.6. The van der Waals surface area contributed by atoms with Gasteiger partial charge in [-0.05, 0) is 29.2 Å². The molecule has 3 heteroatoms. The van der Waals surface area contributed by atoms with Crippen LogP contribution in [0, 0.1) is 5.92 Å². The Bertz CT molecular complexity index is 753. The van der Waals surface area contributed by atoms with Gasteiger partial charge in [-0.15, -0.1) is 0 Å². The zero-order valence-corrected chi connectivity index (χ0v) is 14.8. The van der Waals surface area contributed by atoms with Gasteiger partial charge in [0.2, 0.25) is 0 Å². The van der Waals surface area contributed by atoms with Crippen LogP contribution in [0.25, 0.3) is 0 Å². The van der Waals surface area contributed by atoms with Gasteiger partial charge in [-0.25, -0.2) is 0 Å². The number of benzene rings is 2. The Kier molecular flexibility index (Phi) is 5.37. The fraction of sp³-hybridized carbons (Fsp3) is 0.273. The second-order valence-corrected chi connectivity index (χ2v) is 6.76. The van der Waals surface area contributed by atoms with Crippen LogP contribution in [0.1, 0.15) is 36.7 Å². The van der Waals surface area contributed by atoms with Crippen molar-refractivity contribution in [2.24, 2.45) is 5.92 Å². The van der Waals surface area contributed by atoms with E-state index in [1.807, 2.05) is 48.7 Å². The van der Waals surface area contributed by atoms with Crippen LogP contribution in [0.5, 0.6) is 0 Å². The van der Waals surface area contributed by atoms with Crippen LogP contribution >= 0.6 is 0 Å². The van der Waals surface area contributed by atoms with Crippen molar-refractivity contribution < 1.29 is 5.11 Å². The number of hydrogen-bond donors (Lipinski definition) is 3. The van der Waals surface area contributed by atoms with Crippen molar-refractivity contribution in [1.82, 2.24) is 10.3 Å². The first-order chi connectivity index (χ1) is 12.2. The molecule has 0 unspecified atom stereocenters. The minimum absolute atomic E-state index is 0.0265. The van der Waals surface area contributed by atoms with Crippen molar-refractivity contribution in [3.8, 4) is 0 Å². The molecule has 0 aliphatic rings. The summed E-state index contributed by atoms with van der Waals surface area (Å²) < 4.78 is 0. The number of hydrogen-bond acceptors (Lipinski definition) is 2. The Hall–Kier alpha value is -2.36. The number of aliphatic hydroxyl groups excluding tert-OH is 1. The summed E-state index contributed by atoms with van der Waals surface area (Å²) >= 11 is 0. The maximum Gasteiger partial charge on any atom is 0.0736 e. The summed E-state index contributed by atoms with van der Waals surface area (Å²) in [6.45, 7) is 4.32. The molecule has 1 aromatic heterocycles. The maximum absolute atomic E-state index is 10.4. The maximum atomic E-state index is 10.4. The molecule has 0 aliphatic carbocycles. The van der Waals surface area contributed by atoms with E-state index in [2.05, 4.69) is 54.5 Å². The molecule has 2 atom stereocenters. The molecule has 0 bridgehead atoms. The quantitative estimate of drug-likeness (QED) is 0.605. The molecular formula is C22H26N2O. The summed E-state index contributed by atoms with van der Waals surface area (Å²) in [7, 11) is 0. The van der Waals surface area contributed by atoms with Gasteiger partial charge in [0, 0.05) is 11.9 Å². The number of aromatic amines is 1. The number of aliphatic hydroxyl groups is 1. The molecule has 130 valence electrons. The van der Waals surface area contributed by atoms with E-state index in [4.69, 9.17) is 0 Å². The Labute approximate surface area is 149 Å². The van der Waals surface area contributed by atoms with E-state index < -0.39 is 5.54 Å². The monoisotopic (exact) mass is 334 g/mol. The zero-order chi connectivity index (χ0) is 17.7. The molecule has 0 fully saturated rings. The highest BCUT2D eigenvalue weighted by molar-refractivity contribution is 5.32. The minimum atomic E-state index is -0.535. The topological polar surface area (TPSA) is 48.0 Å². The molecule has 0 aliphatic heterocycles. The summed E-state index contributed by atoms with van der Waals surface area (Å²) in [4.78, 5) is 3.33. The average Bonchev–Trinajstić information content (AvgIpc) is 3.19. The van der Waals surface area contributed by atoms with Crippen LogP contribution in [0.15, 0.2) is 79.0 Å². The van der Waals surface area contributed by atoms with Gasteiger partial charge in [0.15, 0.2) is 0 Å². The first-order valence-corrected chi connectivity index (χ1v) is 8.79. The van der Waals surface area contributed by atoms with E-state index in [-0.39, 0.29) is 18.6 Å². The molecule has 0 saturated carbocycles. The third kappa shape index (κ3) is 3.53. The molecule has 3 N–H and O–H groups in total. The Morgan fingerprint density at radius 3 is 2.08 bits per heavy atom. The molecule has 3 aromatic rings. The molecule has 25 heavy (non-hydrogen) atoms. The van der Waals surface area contributed by atoms with Gasteiger partial charge in [-0.2, -0.15) is 0 Å². The van der Waals surface area contributed by atoms with Gasteiger partial charge >= 0.3 is 0 Å². The van der Waals surface area contributed by atoms with Crippen molar-refractivity contribution in [1.29, 1.82) is 0 Å². The SMILES string of the molecule is CC(C)[C@](CO)(N[C@@H](c1ccccc1)c1ccc[nH]1)c1ccccc1. The lowest BCUT2D eigenvalue weighted by molar-refractivity contribution is 0.107. The van der Waals surface area contributed by atoms with Gasteiger partial charge in [0.1, 0.15) is 0 Å². The van der Waals surface area contributed by atoms with Crippen molar-refractivity contribution >= 4 is 0 Å². The molecular weight excluding hydrogens is 308 g/mol. The third-order valence-corrected chi connectivity index (χ3v) is 4.99. The second-order valence-electron chi connectivity index (χ2n) is 6.76. The fourth-order valence-corrected chi connectivity index (χ4v) is 3.41. The number of nitrogens with one attached hydrogen (secondary N) is 2. The van der Waals surface area contributed by atoms with Crippen LogP contribution in [0.3, 0.4) is 0 Å². The molecule has 3 nitrogen and oxygen atoms in total. The Morgan fingerprint density at radius 1 is 0.920 bits per heavy atom. The lowest BCUT2D eigenvalue weighted by Crippen LogP contribution is -2.51. The van der Waals surface area contributed by atoms with Gasteiger partial charge in [-0.3, -0.25) is 5.32 Å². The summed E-state index contributed by atoms with van der Waals surface area (Å²) in [5.41, 5.74) is 2.81. The van der Waals surface area contributed by atoms with Gasteiger partial charge in [-0.1, -0.05) is 74.5 Å². The molecule has 3 rings (SSSR count). The summed E-state index contributed by atoms with van der Waals surface area (Å²) in [5, 5.41) is 14.2. The first kappa shape index (κ1) is 17.5. The number of H-pyrrole nitrogens is 1. The van der Waals surface area contributed by atoms with Crippen molar-refractivity contribution in [3.05, 3.63) is 95.8 Å². The molecule has 1 heterocycles. The molecule has 0 spiro atoms. The summed E-state index contributed by atoms with van der Waals surface area (Å²) in [6.07, 6.45) is 1.94. The van der Waals surface area contributed by atoms with Crippen molar-refractivity contribution in [2.45, 2.75) is 25.4 Å². The lowest BCUT2D eigenvalue weighted by atomic mass is 9.79. The van der Waals surface area contributed by atoms with E-state index in [9.17, 15) is 5.11 Å². The van der Waals surface area contributed by atoms with Crippen molar-refractivity contribution in [3.63, 3.8) is 0 Å². The van der Waals surface area contributed by atoms with E-state index in [1.165, 1.54) is 5.56 Å². The Balaban J connectivity index is 2.06. The minimum Gasteiger partial charge on any atom is -0.394 e. The standard InChI is InChI=1S/C22H26N2O/c1-17(2)22(16-25,19-12-7-4-8-13-19)24-21(20-14-9-15-23-20)18-10-5-3-6-11-18/h3-15,17,21,23-25H,16H2,1-2H3/t21-,22-/m0/s1. The highest BCUT2D eigenvalue weighted by Crippen LogP contribution is 2.34. The normalized spacial score (nSPS) is 15.0. The predicted octanol–water partition coefficient (Wildman–Crippen LogP) is 4.24. The van der Waals surface area contributed by atoms with E-state index in [1.54, 1.807) is 0 Å². The lowest BCUT2D eigenvalue weighted by Gasteiger charge is -2.41. The van der Waals surface area contributed by atoms with Crippen LogP contribution in [-0.2, 0) is 5.54 Å². The molecule has 0 amide bonds. The van der Waals surface area contributed by atoms with E-state index in [0.29, 0.717) is 0 Å². The smallest absolute Gasteiger partial charge is 0.0736 e. The number of aromatic nitrogens is 1. The highest BCUT2D eigenvalue weighted by atomic mass is 16.3. The van der Waals surface area contributed by atoms with Crippen LogP contribution in [0.4, 0.5) is 0 Å². The average molecular weight is 334 g/mol. The predicted molar refractivity (Wildman–Crippen MR) is 102 cm³/mol. The third-order valence-electron chi connectivity index (χ3n) is 4.99. The molecule has 0 saturated heterocycles. The second kappa shape index (κ2) is 7.68. The summed E-state index contributed by atoms with van der Waals surface area (Å²) in [5.74, 6) is 0.209. The molecule has 0 radical (unpaired) electrons. The highest BCUT2D eigenvalue weighted by Gasteiger charge is 2.37. The Morgan fingerprint density at radius 2 is 1.56 bits per heavy atom. The van der Waals surface area contributed by atoms with Crippen LogP contribution in [0.2, 0.25) is 0 Å². The fourth-order valence-electron chi connectivity index (χ4n) is 3.41. The van der Waals surface area contributed by atoms with E-state index >= 15 is 0 Å². The number of rotatable bonds is 7. The van der Waals surface area contributed by atoms with Crippen LogP contribution in [-0.4, -0.2) is 16.7 Å². The van der Waals surface area contributed by atoms with E-state index in [0.717, 1.165) is 11.3 Å².